The molecule has 2 heterocycles. The Labute approximate surface area is 199 Å². The Morgan fingerprint density at radius 1 is 1.24 bits per heavy atom. The van der Waals surface area contributed by atoms with E-state index in [0.29, 0.717) is 11.5 Å². The number of hydrogen-bond donors (Lipinski definition) is 4. The van der Waals surface area contributed by atoms with Crippen molar-refractivity contribution < 1.29 is 9.53 Å². The van der Waals surface area contributed by atoms with Crippen molar-refractivity contribution in [3.8, 4) is 22.8 Å². The Bertz CT molecular complexity index is 1250. The lowest BCUT2D eigenvalue weighted by Gasteiger charge is -2.29. The minimum Gasteiger partial charge on any atom is -0.457 e. The third kappa shape index (κ3) is 4.15. The predicted octanol–water partition coefficient (Wildman–Crippen LogP) is 4.38. The minimum atomic E-state index is -0.00210. The summed E-state index contributed by atoms with van der Waals surface area (Å²) < 4.78 is 6.06. The predicted molar refractivity (Wildman–Crippen MR) is 134 cm³/mol. The van der Waals surface area contributed by atoms with Crippen LogP contribution in [0.4, 0.5) is 5.69 Å². The molecule has 1 aromatic heterocycles. The van der Waals surface area contributed by atoms with Crippen LogP contribution in [0.2, 0.25) is 0 Å². The highest BCUT2D eigenvalue weighted by molar-refractivity contribution is 5.97. The van der Waals surface area contributed by atoms with Gasteiger partial charge in [0.05, 0.1) is 5.69 Å². The number of hydrogen-bond acceptors (Lipinski definition) is 6. The number of benzene rings is 2. The van der Waals surface area contributed by atoms with Crippen LogP contribution in [0.15, 0.2) is 54.7 Å². The molecule has 2 atom stereocenters. The molecule has 34 heavy (non-hydrogen) atoms. The lowest BCUT2D eigenvalue weighted by molar-refractivity contribution is 0.0942. The first-order valence-electron chi connectivity index (χ1n) is 11.7. The number of nitrogens with one attached hydrogen (secondary N) is 4. The van der Waals surface area contributed by atoms with Gasteiger partial charge in [-0.05, 0) is 61.7 Å². The van der Waals surface area contributed by atoms with Gasteiger partial charge < -0.3 is 26.1 Å². The van der Waals surface area contributed by atoms with Crippen LogP contribution in [-0.4, -0.2) is 42.3 Å². The highest BCUT2D eigenvalue weighted by Gasteiger charge is 2.58. The lowest BCUT2D eigenvalue weighted by atomic mass is 9.99. The summed E-state index contributed by atoms with van der Waals surface area (Å²) in [6.45, 7) is 3.11. The van der Waals surface area contributed by atoms with Gasteiger partial charge in [0, 0.05) is 65.6 Å². The van der Waals surface area contributed by atoms with E-state index in [1.807, 2.05) is 55.6 Å². The molecule has 0 unspecified atom stereocenters. The average molecular weight is 456 g/mol. The van der Waals surface area contributed by atoms with E-state index in [1.54, 1.807) is 6.20 Å². The molecule has 2 fully saturated rings. The first kappa shape index (κ1) is 22.1. The summed E-state index contributed by atoms with van der Waals surface area (Å²) in [6, 6.07) is 15.4. The van der Waals surface area contributed by atoms with Gasteiger partial charge in [-0.2, -0.15) is 0 Å². The molecule has 4 N–H and O–H groups in total. The molecule has 5 rings (SSSR count). The van der Waals surface area contributed by atoms with E-state index in [0.717, 1.165) is 59.4 Å². The highest BCUT2D eigenvalue weighted by Crippen LogP contribution is 2.44. The van der Waals surface area contributed by atoms with Crippen molar-refractivity contribution in [3.63, 3.8) is 0 Å². The van der Waals surface area contributed by atoms with Crippen molar-refractivity contribution in [3.05, 3.63) is 71.4 Å². The fourth-order valence-corrected chi connectivity index (χ4v) is 4.63. The quantitative estimate of drug-likeness (QED) is 0.378. The molecule has 1 aliphatic heterocycles. The van der Waals surface area contributed by atoms with Gasteiger partial charge in [0.15, 0.2) is 0 Å². The maximum atomic E-state index is 12.9. The van der Waals surface area contributed by atoms with E-state index >= 15 is 0 Å². The number of anilines is 1. The molecule has 1 aliphatic carbocycles. The van der Waals surface area contributed by atoms with Crippen molar-refractivity contribution in [2.45, 2.75) is 37.8 Å². The molecule has 1 saturated carbocycles. The summed E-state index contributed by atoms with van der Waals surface area (Å²) in [4.78, 5) is 17.4. The summed E-state index contributed by atoms with van der Waals surface area (Å²) in [7, 11) is 1.82. The topological polar surface area (TPSA) is 99.1 Å². The van der Waals surface area contributed by atoms with E-state index in [-0.39, 0.29) is 17.5 Å². The molecular weight excluding hydrogens is 426 g/mol. The second-order valence-corrected chi connectivity index (χ2v) is 8.91. The minimum absolute atomic E-state index is 0.00210. The zero-order valence-electron chi connectivity index (χ0n) is 19.4. The molecular formula is C27H29N5O2. The molecule has 1 saturated heterocycles. The first-order valence-corrected chi connectivity index (χ1v) is 11.7. The standard InChI is InChI=1S/C27H29N5O2/c1-3-17-12-18(5-7-22(17)26(33)32-25-15-27(25)9-11-31-27)24-14-21(8-10-30-24)34-20-6-4-19(16-28)23(13-20)29-2/h4-8,10,12-14,16,25,28-29,31H,3,9,11,15H2,1-2H3,(H,32,33)/t25-,27-/m1/s1. The van der Waals surface area contributed by atoms with Crippen LogP contribution in [0.5, 0.6) is 11.5 Å². The Balaban J connectivity index is 1.34. The monoisotopic (exact) mass is 455 g/mol. The summed E-state index contributed by atoms with van der Waals surface area (Å²) in [5, 5.41) is 17.2. The van der Waals surface area contributed by atoms with Gasteiger partial charge in [0.25, 0.3) is 5.91 Å². The van der Waals surface area contributed by atoms with Crippen molar-refractivity contribution in [1.29, 1.82) is 5.41 Å². The molecule has 2 aromatic carbocycles. The molecule has 7 nitrogen and oxygen atoms in total. The van der Waals surface area contributed by atoms with Crippen LogP contribution in [0.1, 0.15) is 41.3 Å². The molecule has 174 valence electrons. The number of ether oxygens (including phenoxy) is 1. The second kappa shape index (κ2) is 8.91. The Hall–Kier alpha value is -3.71. The van der Waals surface area contributed by atoms with Gasteiger partial charge in [-0.3, -0.25) is 9.78 Å². The third-order valence-corrected chi connectivity index (χ3v) is 6.87. The first-order chi connectivity index (χ1) is 16.5. The average Bonchev–Trinajstić information content (AvgIpc) is 3.58. The molecule has 2 aliphatic rings. The van der Waals surface area contributed by atoms with Crippen molar-refractivity contribution in [2.75, 3.05) is 18.9 Å². The Morgan fingerprint density at radius 3 is 2.74 bits per heavy atom. The molecule has 1 amide bonds. The van der Waals surface area contributed by atoms with E-state index in [2.05, 4.69) is 27.9 Å². The lowest BCUT2D eigenvalue weighted by Crippen LogP contribution is -2.51. The number of carbonyl (C=O) groups excluding carboxylic acids is 1. The van der Waals surface area contributed by atoms with Crippen LogP contribution in [0.25, 0.3) is 11.3 Å². The summed E-state index contributed by atoms with van der Waals surface area (Å²) in [5.74, 6) is 1.34. The van der Waals surface area contributed by atoms with Gasteiger partial charge in [0.1, 0.15) is 11.5 Å². The highest BCUT2D eigenvalue weighted by atomic mass is 16.5. The number of amides is 1. The summed E-state index contributed by atoms with van der Waals surface area (Å²) in [5.41, 5.74) is 5.24. The zero-order valence-corrected chi connectivity index (χ0v) is 19.4. The fraction of sp³-hybridized carbons (Fsp3) is 0.296. The van der Waals surface area contributed by atoms with Crippen molar-refractivity contribution in [2.24, 2.45) is 0 Å². The van der Waals surface area contributed by atoms with Crippen LogP contribution in [0.3, 0.4) is 0 Å². The number of aryl methyl sites for hydroxylation is 1. The number of rotatable bonds is 8. The van der Waals surface area contributed by atoms with Gasteiger partial charge >= 0.3 is 0 Å². The van der Waals surface area contributed by atoms with Gasteiger partial charge in [0.2, 0.25) is 0 Å². The van der Waals surface area contributed by atoms with E-state index < -0.39 is 0 Å². The fourth-order valence-electron chi connectivity index (χ4n) is 4.63. The zero-order chi connectivity index (χ0) is 23.7. The Morgan fingerprint density at radius 2 is 2.06 bits per heavy atom. The van der Waals surface area contributed by atoms with E-state index in [4.69, 9.17) is 10.1 Å². The maximum absolute atomic E-state index is 12.9. The van der Waals surface area contributed by atoms with Crippen molar-refractivity contribution >= 4 is 17.8 Å². The molecule has 3 aromatic rings. The third-order valence-electron chi connectivity index (χ3n) is 6.87. The SMILES string of the molecule is CCc1cc(-c2cc(Oc3ccc(C=N)c(NC)c3)ccn2)ccc1C(=O)N[C@@H]1C[C@]12CCN2. The Kier molecular flexibility index (Phi) is 5.79. The molecule has 1 spiro atoms. The van der Waals surface area contributed by atoms with Gasteiger partial charge in [-0.1, -0.05) is 13.0 Å². The van der Waals surface area contributed by atoms with E-state index in [1.165, 1.54) is 6.21 Å². The number of nitrogens with zero attached hydrogens (tertiary/aromatic N) is 1. The van der Waals surface area contributed by atoms with Crippen LogP contribution < -0.4 is 20.7 Å². The van der Waals surface area contributed by atoms with Crippen LogP contribution >= 0.6 is 0 Å². The summed E-state index contributed by atoms with van der Waals surface area (Å²) in [6.07, 6.45) is 5.95. The largest absolute Gasteiger partial charge is 0.457 e. The van der Waals surface area contributed by atoms with Crippen LogP contribution in [0, 0.1) is 5.41 Å². The van der Waals surface area contributed by atoms with Crippen LogP contribution in [-0.2, 0) is 6.42 Å². The maximum Gasteiger partial charge on any atom is 0.251 e. The number of carbonyl (C=O) groups is 1. The normalized spacial score (nSPS) is 20.4. The molecule has 0 radical (unpaired) electrons. The smallest absolute Gasteiger partial charge is 0.251 e. The van der Waals surface area contributed by atoms with Crippen molar-refractivity contribution in [1.82, 2.24) is 15.6 Å². The van der Waals surface area contributed by atoms with E-state index in [9.17, 15) is 4.79 Å². The van der Waals surface area contributed by atoms with Gasteiger partial charge in [-0.25, -0.2) is 0 Å². The number of aromatic nitrogens is 1. The number of pyridine rings is 1. The van der Waals surface area contributed by atoms with Gasteiger partial charge in [-0.15, -0.1) is 0 Å². The summed E-state index contributed by atoms with van der Waals surface area (Å²) >= 11 is 0. The molecule has 0 bridgehead atoms. The second-order valence-electron chi connectivity index (χ2n) is 8.91. The molecule has 7 heteroatoms.